The number of carbonyl (C=O) groups is 1. The van der Waals surface area contributed by atoms with E-state index in [0.717, 1.165) is 17.4 Å². The van der Waals surface area contributed by atoms with Gasteiger partial charge in [-0.15, -0.1) is 11.6 Å². The third-order valence-electron chi connectivity index (χ3n) is 3.77. The number of rotatable bonds is 1. The first-order valence-electron chi connectivity index (χ1n) is 5.86. The fourth-order valence-electron chi connectivity index (χ4n) is 2.94. The summed E-state index contributed by atoms with van der Waals surface area (Å²) in [6.07, 6.45) is 9.31. The van der Waals surface area contributed by atoms with Crippen molar-refractivity contribution in [2.45, 2.75) is 11.3 Å². The van der Waals surface area contributed by atoms with E-state index in [2.05, 4.69) is 12.2 Å². The van der Waals surface area contributed by atoms with Gasteiger partial charge in [0.05, 0.1) is 5.38 Å². The molecule has 86 valence electrons. The van der Waals surface area contributed by atoms with Gasteiger partial charge in [-0.25, -0.2) is 0 Å². The van der Waals surface area contributed by atoms with Crippen LogP contribution in [0.5, 0.6) is 0 Å². The lowest BCUT2D eigenvalue weighted by Gasteiger charge is -2.38. The quantitative estimate of drug-likeness (QED) is 0.545. The van der Waals surface area contributed by atoms with E-state index in [0.29, 0.717) is 0 Å². The van der Waals surface area contributed by atoms with Gasteiger partial charge in [0.15, 0.2) is 0 Å². The molecule has 1 aromatic carbocycles. The van der Waals surface area contributed by atoms with Crippen molar-refractivity contribution in [1.82, 2.24) is 0 Å². The third-order valence-corrected chi connectivity index (χ3v) is 4.30. The number of fused-ring (bicyclic) bond motifs is 2. The maximum Gasteiger partial charge on any atom is 0.128 e. The molecule has 0 unspecified atom stereocenters. The zero-order valence-corrected chi connectivity index (χ0v) is 10.0. The number of alkyl halides is 1. The van der Waals surface area contributed by atoms with Crippen LogP contribution in [0.15, 0.2) is 48.6 Å². The average molecular weight is 245 g/mol. The monoisotopic (exact) mass is 244 g/mol. The summed E-state index contributed by atoms with van der Waals surface area (Å²) in [6.45, 7) is 0. The second-order valence-corrected chi connectivity index (χ2v) is 5.09. The molecule has 1 nitrogen and oxygen atoms in total. The van der Waals surface area contributed by atoms with Gasteiger partial charge >= 0.3 is 0 Å². The lowest BCUT2D eigenvalue weighted by molar-refractivity contribution is -0.110. The van der Waals surface area contributed by atoms with Crippen molar-refractivity contribution >= 4 is 17.9 Å². The Morgan fingerprint density at radius 1 is 1.00 bits per heavy atom. The Morgan fingerprint density at radius 3 is 2.35 bits per heavy atom. The van der Waals surface area contributed by atoms with E-state index < -0.39 is 0 Å². The summed E-state index contributed by atoms with van der Waals surface area (Å²) < 4.78 is 0. The molecule has 0 spiro atoms. The molecule has 0 aliphatic heterocycles. The Balaban J connectivity index is 2.16. The first-order valence-corrected chi connectivity index (χ1v) is 6.30. The molecule has 0 N–H and O–H groups in total. The minimum atomic E-state index is -0.0626. The minimum Gasteiger partial charge on any atom is -0.303 e. The van der Waals surface area contributed by atoms with Crippen molar-refractivity contribution in [3.05, 3.63) is 59.7 Å². The number of halogens is 1. The number of benzene rings is 1. The van der Waals surface area contributed by atoms with Crippen molar-refractivity contribution < 1.29 is 4.79 Å². The molecule has 0 saturated heterocycles. The van der Waals surface area contributed by atoms with Gasteiger partial charge in [0.25, 0.3) is 0 Å². The van der Waals surface area contributed by atoms with Crippen molar-refractivity contribution in [2.75, 3.05) is 0 Å². The minimum absolute atomic E-state index is 0.0337. The van der Waals surface area contributed by atoms with Crippen LogP contribution in [-0.2, 0) is 4.79 Å². The van der Waals surface area contributed by atoms with Crippen LogP contribution < -0.4 is 0 Å². The van der Waals surface area contributed by atoms with Crippen LogP contribution in [-0.4, -0.2) is 6.29 Å². The molecule has 2 aliphatic carbocycles. The fraction of sp³-hybridized carbons (Fsp3) is 0.267. The van der Waals surface area contributed by atoms with E-state index in [1.165, 1.54) is 0 Å². The fourth-order valence-corrected chi connectivity index (χ4v) is 3.39. The van der Waals surface area contributed by atoms with E-state index >= 15 is 0 Å². The van der Waals surface area contributed by atoms with Crippen molar-refractivity contribution in [3.63, 3.8) is 0 Å². The SMILES string of the molecule is O=C[C@H]1c2ccccc2[C@@H](Cl)[C@H]2C=CC=C[C@H]21. The Bertz CT molecular complexity index is 503. The summed E-state index contributed by atoms with van der Waals surface area (Å²) in [4.78, 5) is 11.4. The normalized spacial score (nSPS) is 33.9. The van der Waals surface area contributed by atoms with Gasteiger partial charge in [-0.3, -0.25) is 0 Å². The zero-order valence-electron chi connectivity index (χ0n) is 9.29. The second kappa shape index (κ2) is 4.15. The van der Waals surface area contributed by atoms with E-state index in [1.54, 1.807) is 0 Å². The Kier molecular flexibility index (Phi) is 2.64. The van der Waals surface area contributed by atoms with Crippen molar-refractivity contribution in [1.29, 1.82) is 0 Å². The lowest BCUT2D eigenvalue weighted by Crippen LogP contribution is -2.30. The predicted molar refractivity (Wildman–Crippen MR) is 69.1 cm³/mol. The van der Waals surface area contributed by atoms with Crippen LogP contribution in [0.4, 0.5) is 0 Å². The smallest absolute Gasteiger partial charge is 0.128 e. The number of hydrogen-bond acceptors (Lipinski definition) is 1. The highest BCUT2D eigenvalue weighted by molar-refractivity contribution is 6.21. The van der Waals surface area contributed by atoms with Gasteiger partial charge in [-0.1, -0.05) is 48.6 Å². The molecule has 0 amide bonds. The first-order chi connectivity index (χ1) is 8.33. The molecule has 0 heterocycles. The molecule has 0 fully saturated rings. The molecule has 1 aromatic rings. The maximum atomic E-state index is 11.4. The van der Waals surface area contributed by atoms with Crippen LogP contribution in [0, 0.1) is 11.8 Å². The maximum absolute atomic E-state index is 11.4. The number of hydrogen-bond donors (Lipinski definition) is 0. The van der Waals surface area contributed by atoms with Crippen molar-refractivity contribution in [3.8, 4) is 0 Å². The molecule has 0 saturated carbocycles. The lowest BCUT2D eigenvalue weighted by atomic mass is 9.68. The molecular weight excluding hydrogens is 232 g/mol. The molecule has 3 rings (SSSR count). The predicted octanol–water partition coefficient (Wildman–Crippen LogP) is 3.62. The summed E-state index contributed by atoms with van der Waals surface area (Å²) in [7, 11) is 0. The molecule has 2 aliphatic rings. The van der Waals surface area contributed by atoms with E-state index in [-0.39, 0.29) is 23.1 Å². The van der Waals surface area contributed by atoms with Gasteiger partial charge < -0.3 is 4.79 Å². The molecule has 0 radical (unpaired) electrons. The Labute approximate surface area is 106 Å². The number of allylic oxidation sites excluding steroid dienone is 4. The van der Waals surface area contributed by atoms with Gasteiger partial charge in [0, 0.05) is 11.8 Å². The second-order valence-electron chi connectivity index (χ2n) is 4.62. The van der Waals surface area contributed by atoms with Crippen LogP contribution >= 0.6 is 11.6 Å². The van der Waals surface area contributed by atoms with Gasteiger partial charge in [-0.2, -0.15) is 0 Å². The summed E-state index contributed by atoms with van der Waals surface area (Å²) in [5.41, 5.74) is 2.19. The number of aldehydes is 1. The van der Waals surface area contributed by atoms with Crippen LogP contribution in [0.25, 0.3) is 0 Å². The molecule has 4 atom stereocenters. The molecule has 17 heavy (non-hydrogen) atoms. The summed E-state index contributed by atoms with van der Waals surface area (Å²) >= 11 is 6.54. The van der Waals surface area contributed by atoms with E-state index in [1.807, 2.05) is 36.4 Å². The topological polar surface area (TPSA) is 17.1 Å². The van der Waals surface area contributed by atoms with Crippen molar-refractivity contribution in [2.24, 2.45) is 11.8 Å². The first kappa shape index (κ1) is 10.8. The highest BCUT2D eigenvalue weighted by Gasteiger charge is 2.39. The van der Waals surface area contributed by atoms with E-state index in [4.69, 9.17) is 11.6 Å². The van der Waals surface area contributed by atoms with Gasteiger partial charge in [-0.05, 0) is 17.0 Å². The number of carbonyl (C=O) groups excluding carboxylic acids is 1. The zero-order chi connectivity index (χ0) is 11.8. The summed E-state index contributed by atoms with van der Waals surface area (Å²) in [5.74, 6) is 0.370. The van der Waals surface area contributed by atoms with E-state index in [9.17, 15) is 4.79 Å². The highest BCUT2D eigenvalue weighted by atomic mass is 35.5. The summed E-state index contributed by atoms with van der Waals surface area (Å²) in [6, 6.07) is 8.01. The van der Waals surface area contributed by atoms with Crippen LogP contribution in [0.2, 0.25) is 0 Å². The average Bonchev–Trinajstić information content (AvgIpc) is 2.40. The standard InChI is InChI=1S/C15H13ClO/c16-15-12-7-3-1-5-10(12)14(9-17)11-6-2-4-8-13(11)15/h1-10,12,14-15H/t10-,12+,14-,15+/m1/s1. The largest absolute Gasteiger partial charge is 0.303 e. The Morgan fingerprint density at radius 2 is 1.65 bits per heavy atom. The molecule has 0 bridgehead atoms. The van der Waals surface area contributed by atoms with Gasteiger partial charge in [0.1, 0.15) is 6.29 Å². The van der Waals surface area contributed by atoms with Crippen LogP contribution in [0.3, 0.4) is 0 Å². The molecule has 2 heteroatoms. The van der Waals surface area contributed by atoms with Gasteiger partial charge in [0.2, 0.25) is 0 Å². The molecular formula is C15H13ClO. The molecule has 0 aromatic heterocycles. The van der Waals surface area contributed by atoms with Crippen LogP contribution in [0.1, 0.15) is 22.4 Å². The Hall–Kier alpha value is -1.34. The summed E-state index contributed by atoms with van der Waals surface area (Å²) in [5, 5.41) is -0.0337. The highest BCUT2D eigenvalue weighted by Crippen LogP contribution is 2.49. The third kappa shape index (κ3) is 1.57.